The monoisotopic (exact) mass is 273 g/mol. The number of pyridine rings is 1. The first-order chi connectivity index (χ1) is 6.94. The fourth-order valence-corrected chi connectivity index (χ4v) is 1.47. The minimum atomic E-state index is -0.164. The molecular formula is C10H16BrN3O. The highest BCUT2D eigenvalue weighted by atomic mass is 79.9. The number of anilines is 2. The first kappa shape index (κ1) is 12.3. The molecule has 0 aliphatic carbocycles. The van der Waals surface area contributed by atoms with Gasteiger partial charge in [0.25, 0.3) is 0 Å². The summed E-state index contributed by atoms with van der Waals surface area (Å²) in [6, 6.07) is 1.79. The van der Waals surface area contributed by atoms with Crippen molar-refractivity contribution in [1.82, 2.24) is 4.98 Å². The first-order valence-electron chi connectivity index (χ1n) is 4.70. The number of nitrogens with two attached hydrogens (primary N) is 1. The molecule has 0 aliphatic heterocycles. The Balaban J connectivity index is 2.66. The van der Waals surface area contributed by atoms with Crippen LogP contribution in [0.2, 0.25) is 0 Å². The number of aliphatic hydroxyl groups excluding tert-OH is 1. The minimum Gasteiger partial charge on any atom is -0.397 e. The van der Waals surface area contributed by atoms with Crippen LogP contribution in [0.1, 0.15) is 13.8 Å². The summed E-state index contributed by atoms with van der Waals surface area (Å²) in [5, 5.41) is 12.3. The molecular weight excluding hydrogens is 258 g/mol. The maximum absolute atomic E-state index is 9.09. The molecule has 0 saturated carbocycles. The van der Waals surface area contributed by atoms with E-state index < -0.39 is 0 Å². The van der Waals surface area contributed by atoms with E-state index in [0.29, 0.717) is 12.2 Å². The molecule has 1 aromatic heterocycles. The van der Waals surface area contributed by atoms with Crippen LogP contribution >= 0.6 is 15.9 Å². The normalized spacial score (nSPS) is 11.5. The summed E-state index contributed by atoms with van der Waals surface area (Å²) in [5.41, 5.74) is 6.03. The number of aliphatic hydroxyl groups is 1. The lowest BCUT2D eigenvalue weighted by molar-refractivity contribution is 0.170. The third-order valence-electron chi connectivity index (χ3n) is 2.02. The van der Waals surface area contributed by atoms with Crippen LogP contribution in [0.15, 0.2) is 16.7 Å². The van der Waals surface area contributed by atoms with Gasteiger partial charge in [0.15, 0.2) is 0 Å². The van der Waals surface area contributed by atoms with Crippen molar-refractivity contribution in [2.24, 2.45) is 5.41 Å². The molecule has 0 aromatic carbocycles. The van der Waals surface area contributed by atoms with Crippen LogP contribution in [-0.4, -0.2) is 23.2 Å². The van der Waals surface area contributed by atoms with Crippen LogP contribution in [0.5, 0.6) is 0 Å². The van der Waals surface area contributed by atoms with Crippen LogP contribution in [-0.2, 0) is 0 Å². The van der Waals surface area contributed by atoms with Gasteiger partial charge in [-0.2, -0.15) is 0 Å². The number of hydrogen-bond donors (Lipinski definition) is 3. The van der Waals surface area contributed by atoms with E-state index in [2.05, 4.69) is 26.2 Å². The van der Waals surface area contributed by atoms with E-state index >= 15 is 0 Å². The Labute approximate surface area is 98.0 Å². The molecule has 5 heteroatoms. The fourth-order valence-electron chi connectivity index (χ4n) is 0.962. The minimum absolute atomic E-state index is 0.132. The molecule has 4 nitrogen and oxygen atoms in total. The van der Waals surface area contributed by atoms with Gasteiger partial charge in [-0.1, -0.05) is 13.8 Å². The smallest absolute Gasteiger partial charge is 0.140 e. The van der Waals surface area contributed by atoms with Gasteiger partial charge >= 0.3 is 0 Å². The van der Waals surface area contributed by atoms with Crippen LogP contribution in [0, 0.1) is 5.41 Å². The molecule has 84 valence electrons. The highest BCUT2D eigenvalue weighted by Crippen LogP contribution is 2.23. The third kappa shape index (κ3) is 3.68. The zero-order valence-corrected chi connectivity index (χ0v) is 10.5. The molecule has 0 aliphatic rings. The number of nitrogens with one attached hydrogen (secondary N) is 1. The van der Waals surface area contributed by atoms with Gasteiger partial charge in [0.05, 0.1) is 16.4 Å². The molecule has 0 atom stereocenters. The second kappa shape index (κ2) is 4.81. The molecule has 0 spiro atoms. The molecule has 0 unspecified atom stereocenters. The van der Waals surface area contributed by atoms with Gasteiger partial charge in [0.2, 0.25) is 0 Å². The van der Waals surface area contributed by atoms with Crippen molar-refractivity contribution < 1.29 is 5.11 Å². The Morgan fingerprint density at radius 1 is 1.60 bits per heavy atom. The lowest BCUT2D eigenvalue weighted by Crippen LogP contribution is -2.27. The second-order valence-corrected chi connectivity index (χ2v) is 5.13. The SMILES string of the molecule is CC(C)(CO)CNc1ncc(N)cc1Br. The third-order valence-corrected chi connectivity index (χ3v) is 2.63. The molecule has 0 radical (unpaired) electrons. The van der Waals surface area contributed by atoms with Gasteiger partial charge in [0.1, 0.15) is 5.82 Å². The molecule has 15 heavy (non-hydrogen) atoms. The quantitative estimate of drug-likeness (QED) is 0.783. The maximum Gasteiger partial charge on any atom is 0.140 e. The summed E-state index contributed by atoms with van der Waals surface area (Å²) in [7, 11) is 0. The lowest BCUT2D eigenvalue weighted by atomic mass is 9.95. The highest BCUT2D eigenvalue weighted by molar-refractivity contribution is 9.10. The molecule has 1 rings (SSSR count). The highest BCUT2D eigenvalue weighted by Gasteiger charge is 2.16. The summed E-state index contributed by atoms with van der Waals surface area (Å²) < 4.78 is 0.830. The number of nitrogen functional groups attached to an aromatic ring is 1. The molecule has 0 bridgehead atoms. The van der Waals surface area contributed by atoms with E-state index in [1.807, 2.05) is 13.8 Å². The van der Waals surface area contributed by atoms with Gasteiger partial charge in [-0.3, -0.25) is 0 Å². The Hall–Kier alpha value is -0.810. The lowest BCUT2D eigenvalue weighted by Gasteiger charge is -2.22. The number of halogens is 1. The van der Waals surface area contributed by atoms with Gasteiger partial charge < -0.3 is 16.2 Å². The van der Waals surface area contributed by atoms with E-state index in [4.69, 9.17) is 10.8 Å². The van der Waals surface area contributed by atoms with Gasteiger partial charge in [-0.25, -0.2) is 4.98 Å². The van der Waals surface area contributed by atoms with Crippen LogP contribution in [0.25, 0.3) is 0 Å². The van der Waals surface area contributed by atoms with Crippen LogP contribution in [0.4, 0.5) is 11.5 Å². The number of hydrogen-bond acceptors (Lipinski definition) is 4. The Morgan fingerprint density at radius 2 is 2.27 bits per heavy atom. The summed E-state index contributed by atoms with van der Waals surface area (Å²) >= 11 is 3.37. The van der Waals surface area contributed by atoms with E-state index in [0.717, 1.165) is 10.3 Å². The largest absolute Gasteiger partial charge is 0.397 e. The zero-order valence-electron chi connectivity index (χ0n) is 8.92. The average molecular weight is 274 g/mol. The number of aromatic nitrogens is 1. The van der Waals surface area contributed by atoms with E-state index in [9.17, 15) is 0 Å². The molecule has 1 heterocycles. The molecule has 0 saturated heterocycles. The first-order valence-corrected chi connectivity index (χ1v) is 5.50. The summed E-state index contributed by atoms with van der Waals surface area (Å²) in [5.74, 6) is 0.741. The van der Waals surface area contributed by atoms with Crippen molar-refractivity contribution in [1.29, 1.82) is 0 Å². The zero-order chi connectivity index (χ0) is 11.5. The van der Waals surface area contributed by atoms with E-state index in [1.165, 1.54) is 0 Å². The molecule has 1 aromatic rings. The van der Waals surface area contributed by atoms with Crippen molar-refractivity contribution in [3.8, 4) is 0 Å². The average Bonchev–Trinajstić information content (AvgIpc) is 2.16. The molecule has 0 amide bonds. The summed E-state index contributed by atoms with van der Waals surface area (Å²) in [4.78, 5) is 4.15. The van der Waals surface area contributed by atoms with Gasteiger partial charge in [-0.05, 0) is 22.0 Å². The Bertz CT molecular complexity index is 341. The predicted molar refractivity (Wildman–Crippen MR) is 65.7 cm³/mol. The van der Waals surface area contributed by atoms with Crippen molar-refractivity contribution in [3.63, 3.8) is 0 Å². The predicted octanol–water partition coefficient (Wildman–Crippen LogP) is 1.86. The topological polar surface area (TPSA) is 71.2 Å². The number of nitrogens with zero attached hydrogens (tertiary/aromatic N) is 1. The standard InChI is InChI=1S/C10H16BrN3O/c1-10(2,6-15)5-14-9-8(11)3-7(12)4-13-9/h3-4,15H,5-6,12H2,1-2H3,(H,13,14). The Morgan fingerprint density at radius 3 is 2.80 bits per heavy atom. The van der Waals surface area contributed by atoms with E-state index in [1.54, 1.807) is 12.3 Å². The van der Waals surface area contributed by atoms with Crippen LogP contribution in [0.3, 0.4) is 0 Å². The Kier molecular flexibility index (Phi) is 3.93. The molecule has 4 N–H and O–H groups in total. The maximum atomic E-state index is 9.09. The van der Waals surface area contributed by atoms with Crippen molar-refractivity contribution in [3.05, 3.63) is 16.7 Å². The van der Waals surface area contributed by atoms with Crippen LogP contribution < -0.4 is 11.1 Å². The van der Waals surface area contributed by atoms with E-state index in [-0.39, 0.29) is 12.0 Å². The van der Waals surface area contributed by atoms with Gasteiger partial charge in [0, 0.05) is 18.6 Å². The summed E-state index contributed by atoms with van der Waals surface area (Å²) in [6.45, 7) is 4.74. The van der Waals surface area contributed by atoms with Gasteiger partial charge in [-0.15, -0.1) is 0 Å². The van der Waals surface area contributed by atoms with Crippen molar-refractivity contribution in [2.45, 2.75) is 13.8 Å². The summed E-state index contributed by atoms with van der Waals surface area (Å²) in [6.07, 6.45) is 1.60. The van der Waals surface area contributed by atoms with Crippen molar-refractivity contribution in [2.75, 3.05) is 24.2 Å². The number of rotatable bonds is 4. The van der Waals surface area contributed by atoms with Crippen molar-refractivity contribution >= 4 is 27.4 Å². The second-order valence-electron chi connectivity index (χ2n) is 4.27. The molecule has 0 fully saturated rings. The fraction of sp³-hybridized carbons (Fsp3) is 0.500.